The van der Waals surface area contributed by atoms with Gasteiger partial charge >= 0.3 is 0 Å². The molecule has 2 rings (SSSR count). The summed E-state index contributed by atoms with van der Waals surface area (Å²) in [6.07, 6.45) is 0.988. The second-order valence-electron chi connectivity index (χ2n) is 5.85. The number of benzene rings is 1. The first-order chi connectivity index (χ1) is 11.1. The van der Waals surface area contributed by atoms with Crippen LogP contribution in [0.25, 0.3) is 0 Å². The highest BCUT2D eigenvalue weighted by molar-refractivity contribution is 14.0. The quantitative estimate of drug-likeness (QED) is 0.389. The Kier molecular flexibility index (Phi) is 9.28. The van der Waals surface area contributed by atoms with Crippen LogP contribution in [0.3, 0.4) is 0 Å². The summed E-state index contributed by atoms with van der Waals surface area (Å²) in [7, 11) is 1.80. The van der Waals surface area contributed by atoms with Crippen molar-refractivity contribution in [2.75, 3.05) is 13.6 Å². The Balaban J connectivity index is 0.00000288. The van der Waals surface area contributed by atoms with Gasteiger partial charge in [0.25, 0.3) is 0 Å². The topological polar surface area (TPSA) is 49.3 Å². The monoisotopic (exact) mass is 458 g/mol. The lowest BCUT2D eigenvalue weighted by atomic mass is 10.1. The molecule has 1 aromatic heterocycles. The summed E-state index contributed by atoms with van der Waals surface area (Å²) < 4.78 is 0. The first kappa shape index (κ1) is 20.9. The van der Waals surface area contributed by atoms with Gasteiger partial charge in [0.2, 0.25) is 0 Å². The molecular weight excluding hydrogens is 431 g/mol. The molecule has 0 fully saturated rings. The third-order valence-corrected chi connectivity index (χ3v) is 4.61. The minimum absolute atomic E-state index is 0. The van der Waals surface area contributed by atoms with Gasteiger partial charge in [0.15, 0.2) is 5.96 Å². The number of aliphatic imine (C=N–C) groups is 1. The van der Waals surface area contributed by atoms with E-state index in [4.69, 9.17) is 0 Å². The molecule has 2 aromatic rings. The van der Waals surface area contributed by atoms with Crippen LogP contribution in [-0.2, 0) is 13.0 Å². The number of aromatic nitrogens is 1. The van der Waals surface area contributed by atoms with Crippen LogP contribution in [0.2, 0.25) is 0 Å². The average molecular weight is 458 g/mol. The molecule has 0 aliphatic rings. The molecule has 0 aliphatic heterocycles. The van der Waals surface area contributed by atoms with Gasteiger partial charge in [-0.1, -0.05) is 38.1 Å². The molecule has 0 unspecified atom stereocenters. The first-order valence-electron chi connectivity index (χ1n) is 8.03. The largest absolute Gasteiger partial charge is 0.356 e. The van der Waals surface area contributed by atoms with Gasteiger partial charge < -0.3 is 10.6 Å². The molecule has 24 heavy (non-hydrogen) atoms. The lowest BCUT2D eigenvalue weighted by molar-refractivity contribution is 0.777. The van der Waals surface area contributed by atoms with Gasteiger partial charge in [0.1, 0.15) is 5.01 Å². The molecule has 0 amide bonds. The first-order valence-corrected chi connectivity index (χ1v) is 8.91. The minimum Gasteiger partial charge on any atom is -0.356 e. The Morgan fingerprint density at radius 3 is 2.62 bits per heavy atom. The Morgan fingerprint density at radius 1 is 1.25 bits per heavy atom. The van der Waals surface area contributed by atoms with Crippen LogP contribution in [0.15, 0.2) is 34.6 Å². The fourth-order valence-corrected chi connectivity index (χ4v) is 3.15. The molecule has 1 aromatic carbocycles. The number of hydrogen-bond donors (Lipinski definition) is 2. The lowest BCUT2D eigenvalue weighted by Crippen LogP contribution is -2.37. The standard InChI is InChI=1S/C18H26N4S.HI/c1-13(2)16-12-23-17(22-16)11-21-18(19-4)20-10-9-15-8-6-5-7-14(15)3;/h5-8,12-13H,9-11H2,1-4H3,(H2,19,20,21);1H. The summed E-state index contributed by atoms with van der Waals surface area (Å²) in [5, 5.41) is 9.91. The van der Waals surface area contributed by atoms with Gasteiger partial charge in [-0.05, 0) is 30.4 Å². The van der Waals surface area contributed by atoms with Crippen molar-refractivity contribution in [3.8, 4) is 0 Å². The highest BCUT2D eigenvalue weighted by Crippen LogP contribution is 2.17. The molecule has 0 saturated heterocycles. The van der Waals surface area contributed by atoms with Crippen LogP contribution in [0, 0.1) is 6.92 Å². The summed E-state index contributed by atoms with van der Waals surface area (Å²) >= 11 is 1.70. The van der Waals surface area contributed by atoms with E-state index < -0.39 is 0 Å². The molecule has 0 bridgehead atoms. The minimum atomic E-state index is 0. The molecule has 0 atom stereocenters. The number of halogens is 1. The van der Waals surface area contributed by atoms with E-state index >= 15 is 0 Å². The number of guanidine groups is 1. The van der Waals surface area contributed by atoms with E-state index in [0.29, 0.717) is 12.5 Å². The second-order valence-corrected chi connectivity index (χ2v) is 6.79. The molecular formula is C18H27IN4S. The number of aryl methyl sites for hydroxylation is 1. The van der Waals surface area contributed by atoms with E-state index in [-0.39, 0.29) is 24.0 Å². The predicted octanol–water partition coefficient (Wildman–Crippen LogP) is 4.10. The number of thiazole rings is 1. The number of hydrogen-bond acceptors (Lipinski definition) is 3. The van der Waals surface area contributed by atoms with Crippen LogP contribution in [0.4, 0.5) is 0 Å². The van der Waals surface area contributed by atoms with Crippen molar-refractivity contribution in [3.05, 3.63) is 51.5 Å². The SMILES string of the molecule is CN=C(NCCc1ccccc1C)NCc1nc(C(C)C)cs1.I. The maximum absolute atomic E-state index is 4.63. The van der Waals surface area contributed by atoms with Crippen molar-refractivity contribution >= 4 is 41.3 Å². The Labute approximate surface area is 166 Å². The molecule has 4 nitrogen and oxygen atoms in total. The lowest BCUT2D eigenvalue weighted by Gasteiger charge is -2.11. The van der Waals surface area contributed by atoms with Gasteiger partial charge in [-0.15, -0.1) is 35.3 Å². The van der Waals surface area contributed by atoms with Crippen LogP contribution in [0.1, 0.15) is 41.6 Å². The van der Waals surface area contributed by atoms with Crippen molar-refractivity contribution in [1.82, 2.24) is 15.6 Å². The molecule has 0 radical (unpaired) electrons. The van der Waals surface area contributed by atoms with Crippen LogP contribution in [-0.4, -0.2) is 24.5 Å². The molecule has 0 spiro atoms. The normalized spacial score (nSPS) is 11.3. The zero-order valence-electron chi connectivity index (χ0n) is 14.8. The summed E-state index contributed by atoms with van der Waals surface area (Å²) in [4.78, 5) is 8.90. The molecule has 1 heterocycles. The number of rotatable bonds is 6. The van der Waals surface area contributed by atoms with Crippen LogP contribution < -0.4 is 10.6 Å². The Bertz CT molecular complexity index is 652. The van der Waals surface area contributed by atoms with Crippen molar-refractivity contribution in [1.29, 1.82) is 0 Å². The highest BCUT2D eigenvalue weighted by atomic mass is 127. The number of nitrogens with one attached hydrogen (secondary N) is 2. The highest BCUT2D eigenvalue weighted by Gasteiger charge is 2.06. The van der Waals surface area contributed by atoms with Crippen molar-refractivity contribution in [3.63, 3.8) is 0 Å². The predicted molar refractivity (Wildman–Crippen MR) is 115 cm³/mol. The van der Waals surface area contributed by atoms with Crippen LogP contribution in [0.5, 0.6) is 0 Å². The van der Waals surface area contributed by atoms with Gasteiger partial charge in [-0.2, -0.15) is 0 Å². The molecule has 0 saturated carbocycles. The third-order valence-electron chi connectivity index (χ3n) is 3.74. The van der Waals surface area contributed by atoms with E-state index in [1.54, 1.807) is 18.4 Å². The summed E-state index contributed by atoms with van der Waals surface area (Å²) in [6.45, 7) is 8.05. The van der Waals surface area contributed by atoms with Gasteiger partial charge in [-0.3, -0.25) is 4.99 Å². The number of nitrogens with zero attached hydrogens (tertiary/aromatic N) is 2. The molecule has 6 heteroatoms. The van der Waals surface area contributed by atoms with E-state index in [0.717, 1.165) is 29.6 Å². The molecule has 132 valence electrons. The van der Waals surface area contributed by atoms with Gasteiger partial charge in [0.05, 0.1) is 12.2 Å². The smallest absolute Gasteiger partial charge is 0.191 e. The fourth-order valence-electron chi connectivity index (χ4n) is 2.26. The maximum Gasteiger partial charge on any atom is 0.191 e. The average Bonchev–Trinajstić information content (AvgIpc) is 3.01. The zero-order valence-corrected chi connectivity index (χ0v) is 17.9. The van der Waals surface area contributed by atoms with E-state index in [1.165, 1.54) is 11.1 Å². The van der Waals surface area contributed by atoms with Gasteiger partial charge in [-0.25, -0.2) is 4.98 Å². The van der Waals surface area contributed by atoms with Crippen molar-refractivity contribution < 1.29 is 0 Å². The molecule has 2 N–H and O–H groups in total. The zero-order chi connectivity index (χ0) is 16.7. The second kappa shape index (κ2) is 10.7. The van der Waals surface area contributed by atoms with Crippen molar-refractivity contribution in [2.24, 2.45) is 4.99 Å². The van der Waals surface area contributed by atoms with Gasteiger partial charge in [0, 0.05) is 19.0 Å². The fraction of sp³-hybridized carbons (Fsp3) is 0.444. The maximum atomic E-state index is 4.63. The summed E-state index contributed by atoms with van der Waals surface area (Å²) in [5.41, 5.74) is 3.87. The summed E-state index contributed by atoms with van der Waals surface area (Å²) in [6, 6.07) is 8.49. The molecule has 0 aliphatic carbocycles. The Morgan fingerprint density at radius 2 is 2.00 bits per heavy atom. The summed E-state index contributed by atoms with van der Waals surface area (Å²) in [5.74, 6) is 1.30. The van der Waals surface area contributed by atoms with E-state index in [9.17, 15) is 0 Å². The van der Waals surface area contributed by atoms with E-state index in [1.807, 2.05) is 0 Å². The Hall–Kier alpha value is -1.15. The van der Waals surface area contributed by atoms with Crippen molar-refractivity contribution in [2.45, 2.75) is 39.7 Å². The van der Waals surface area contributed by atoms with E-state index in [2.05, 4.69) is 71.0 Å². The van der Waals surface area contributed by atoms with Crippen LogP contribution >= 0.6 is 35.3 Å². The third kappa shape index (κ3) is 6.39.